The Morgan fingerprint density at radius 1 is 1.67 bits per heavy atom. The van der Waals surface area contributed by atoms with Crippen LogP contribution in [-0.2, 0) is 11.3 Å². The molecule has 0 spiro atoms. The van der Waals surface area contributed by atoms with Crippen LogP contribution in [0.4, 0.5) is 0 Å². The van der Waals surface area contributed by atoms with Gasteiger partial charge in [-0.05, 0) is 36.7 Å². The number of rotatable bonds is 5. The van der Waals surface area contributed by atoms with Gasteiger partial charge in [0.15, 0.2) is 0 Å². The highest BCUT2D eigenvalue weighted by Gasteiger charge is 2.04. The molecule has 0 radical (unpaired) electrons. The van der Waals surface area contributed by atoms with Gasteiger partial charge in [0.2, 0.25) is 0 Å². The SMILES string of the molecule is CCN(C)Cc1sccc1C=CC(=O)O. The lowest BCUT2D eigenvalue weighted by Gasteiger charge is -2.12. The molecule has 3 nitrogen and oxygen atoms in total. The monoisotopic (exact) mass is 225 g/mol. The molecule has 15 heavy (non-hydrogen) atoms. The third-order valence-corrected chi connectivity index (χ3v) is 3.06. The number of hydrogen-bond donors (Lipinski definition) is 1. The lowest BCUT2D eigenvalue weighted by atomic mass is 10.2. The molecule has 0 fully saturated rings. The molecule has 0 unspecified atom stereocenters. The summed E-state index contributed by atoms with van der Waals surface area (Å²) >= 11 is 1.66. The van der Waals surface area contributed by atoms with Crippen molar-refractivity contribution < 1.29 is 9.90 Å². The maximum absolute atomic E-state index is 10.4. The molecule has 82 valence electrons. The van der Waals surface area contributed by atoms with Gasteiger partial charge in [-0.15, -0.1) is 11.3 Å². The molecule has 0 aliphatic carbocycles. The Morgan fingerprint density at radius 3 is 3.00 bits per heavy atom. The van der Waals surface area contributed by atoms with Crippen molar-refractivity contribution in [2.75, 3.05) is 13.6 Å². The number of carboxylic acids is 1. The first-order chi connectivity index (χ1) is 7.13. The van der Waals surface area contributed by atoms with Crippen LogP contribution < -0.4 is 0 Å². The topological polar surface area (TPSA) is 40.5 Å². The largest absolute Gasteiger partial charge is 0.478 e. The molecule has 1 aromatic heterocycles. The van der Waals surface area contributed by atoms with E-state index >= 15 is 0 Å². The molecule has 0 aliphatic heterocycles. The number of carbonyl (C=O) groups is 1. The zero-order valence-corrected chi connectivity index (χ0v) is 9.75. The number of nitrogens with zero attached hydrogens (tertiary/aromatic N) is 1. The van der Waals surface area contributed by atoms with Crippen molar-refractivity contribution in [2.24, 2.45) is 0 Å². The van der Waals surface area contributed by atoms with Crippen molar-refractivity contribution in [3.63, 3.8) is 0 Å². The van der Waals surface area contributed by atoms with Crippen LogP contribution in [0, 0.1) is 0 Å². The van der Waals surface area contributed by atoms with Gasteiger partial charge in [0.1, 0.15) is 0 Å². The molecular weight excluding hydrogens is 210 g/mol. The second kappa shape index (κ2) is 5.68. The normalized spacial score (nSPS) is 11.4. The van der Waals surface area contributed by atoms with Crippen LogP contribution in [0.15, 0.2) is 17.5 Å². The molecule has 1 heterocycles. The third-order valence-electron chi connectivity index (χ3n) is 2.14. The summed E-state index contributed by atoms with van der Waals surface area (Å²) in [5.41, 5.74) is 1.00. The number of aliphatic carboxylic acids is 1. The fraction of sp³-hybridized carbons (Fsp3) is 0.364. The zero-order valence-electron chi connectivity index (χ0n) is 8.93. The summed E-state index contributed by atoms with van der Waals surface area (Å²) in [4.78, 5) is 13.8. The van der Waals surface area contributed by atoms with E-state index in [2.05, 4.69) is 11.8 Å². The standard InChI is InChI=1S/C11H15NO2S/c1-3-12(2)8-10-9(6-7-15-10)4-5-11(13)14/h4-7H,3,8H2,1-2H3,(H,13,14). The van der Waals surface area contributed by atoms with Crippen molar-refractivity contribution in [2.45, 2.75) is 13.5 Å². The van der Waals surface area contributed by atoms with Crippen molar-refractivity contribution >= 4 is 23.4 Å². The highest BCUT2D eigenvalue weighted by atomic mass is 32.1. The van der Waals surface area contributed by atoms with Gasteiger partial charge in [-0.2, -0.15) is 0 Å². The summed E-state index contributed by atoms with van der Waals surface area (Å²) in [7, 11) is 2.05. The predicted molar refractivity (Wildman–Crippen MR) is 63.0 cm³/mol. The van der Waals surface area contributed by atoms with Gasteiger partial charge in [0.05, 0.1) is 0 Å². The van der Waals surface area contributed by atoms with Crippen LogP contribution in [0.1, 0.15) is 17.4 Å². The summed E-state index contributed by atoms with van der Waals surface area (Å²) < 4.78 is 0. The van der Waals surface area contributed by atoms with Gasteiger partial charge in [-0.25, -0.2) is 4.79 Å². The summed E-state index contributed by atoms with van der Waals surface area (Å²) in [6.45, 7) is 3.95. The fourth-order valence-corrected chi connectivity index (χ4v) is 2.09. The van der Waals surface area contributed by atoms with Crippen molar-refractivity contribution in [1.82, 2.24) is 4.90 Å². The highest BCUT2D eigenvalue weighted by Crippen LogP contribution is 2.19. The van der Waals surface area contributed by atoms with E-state index in [1.54, 1.807) is 17.4 Å². The van der Waals surface area contributed by atoms with Gasteiger partial charge >= 0.3 is 5.97 Å². The van der Waals surface area contributed by atoms with Crippen LogP contribution >= 0.6 is 11.3 Å². The van der Waals surface area contributed by atoms with Crippen LogP contribution in [-0.4, -0.2) is 29.6 Å². The molecule has 0 saturated carbocycles. The van der Waals surface area contributed by atoms with E-state index in [4.69, 9.17) is 5.11 Å². The first-order valence-corrected chi connectivity index (χ1v) is 5.67. The number of thiophene rings is 1. The molecule has 0 saturated heterocycles. The highest BCUT2D eigenvalue weighted by molar-refractivity contribution is 7.10. The minimum Gasteiger partial charge on any atom is -0.478 e. The minimum atomic E-state index is -0.906. The van der Waals surface area contributed by atoms with E-state index < -0.39 is 5.97 Å². The van der Waals surface area contributed by atoms with Crippen LogP contribution in [0.25, 0.3) is 6.08 Å². The maximum atomic E-state index is 10.4. The Morgan fingerprint density at radius 2 is 2.40 bits per heavy atom. The third kappa shape index (κ3) is 3.85. The van der Waals surface area contributed by atoms with Gasteiger partial charge < -0.3 is 10.0 Å². The Labute approximate surface area is 93.7 Å². The van der Waals surface area contributed by atoms with E-state index in [9.17, 15) is 4.79 Å². The molecule has 1 aromatic rings. The average molecular weight is 225 g/mol. The number of hydrogen-bond acceptors (Lipinski definition) is 3. The lowest BCUT2D eigenvalue weighted by molar-refractivity contribution is -0.131. The average Bonchev–Trinajstić information content (AvgIpc) is 2.62. The second-order valence-corrected chi connectivity index (χ2v) is 4.30. The van der Waals surface area contributed by atoms with E-state index in [0.717, 1.165) is 18.7 Å². The summed E-state index contributed by atoms with van der Waals surface area (Å²) in [5.74, 6) is -0.906. The van der Waals surface area contributed by atoms with E-state index in [0.29, 0.717) is 0 Å². The first-order valence-electron chi connectivity index (χ1n) is 4.79. The quantitative estimate of drug-likeness (QED) is 0.782. The van der Waals surface area contributed by atoms with E-state index in [1.807, 2.05) is 18.5 Å². The Hall–Kier alpha value is -1.13. The maximum Gasteiger partial charge on any atom is 0.328 e. The smallest absolute Gasteiger partial charge is 0.328 e. The Bertz CT molecular complexity index is 357. The first kappa shape index (κ1) is 11.9. The molecule has 4 heteroatoms. The second-order valence-electron chi connectivity index (χ2n) is 3.30. The van der Waals surface area contributed by atoms with Crippen LogP contribution in [0.5, 0.6) is 0 Å². The number of carboxylic acid groups (broad SMARTS) is 1. The fourth-order valence-electron chi connectivity index (χ4n) is 1.15. The Kier molecular flexibility index (Phi) is 4.52. The van der Waals surface area contributed by atoms with Crippen LogP contribution in [0.2, 0.25) is 0 Å². The van der Waals surface area contributed by atoms with Crippen LogP contribution in [0.3, 0.4) is 0 Å². The van der Waals surface area contributed by atoms with Crippen molar-refractivity contribution in [1.29, 1.82) is 0 Å². The van der Waals surface area contributed by atoms with Gasteiger partial charge in [0.25, 0.3) is 0 Å². The molecule has 1 N–H and O–H groups in total. The van der Waals surface area contributed by atoms with Crippen molar-refractivity contribution in [3.05, 3.63) is 28.0 Å². The molecule has 0 aliphatic rings. The molecule has 0 amide bonds. The minimum absolute atomic E-state index is 0.869. The van der Waals surface area contributed by atoms with Gasteiger partial charge in [-0.3, -0.25) is 0 Å². The lowest BCUT2D eigenvalue weighted by Crippen LogP contribution is -2.16. The van der Waals surface area contributed by atoms with E-state index in [-0.39, 0.29) is 0 Å². The molecule has 0 atom stereocenters. The molecular formula is C11H15NO2S. The van der Waals surface area contributed by atoms with Gasteiger partial charge in [-0.1, -0.05) is 6.92 Å². The molecule has 0 aromatic carbocycles. The Balaban J connectivity index is 2.73. The van der Waals surface area contributed by atoms with Gasteiger partial charge in [0, 0.05) is 17.5 Å². The molecule has 0 bridgehead atoms. The van der Waals surface area contributed by atoms with E-state index in [1.165, 1.54) is 11.0 Å². The summed E-state index contributed by atoms with van der Waals surface area (Å²) in [6.07, 6.45) is 2.83. The molecule has 1 rings (SSSR count). The predicted octanol–water partition coefficient (Wildman–Crippen LogP) is 2.30. The zero-order chi connectivity index (χ0) is 11.3. The van der Waals surface area contributed by atoms with Crippen molar-refractivity contribution in [3.8, 4) is 0 Å². The summed E-state index contributed by atoms with van der Waals surface area (Å²) in [5, 5.41) is 10.5. The summed E-state index contributed by atoms with van der Waals surface area (Å²) in [6, 6.07) is 1.95.